The van der Waals surface area contributed by atoms with Crippen LogP contribution in [0.15, 0.2) is 0 Å². The fourth-order valence-corrected chi connectivity index (χ4v) is 1.17. The normalized spacial score (nSPS) is 16.8. The van der Waals surface area contributed by atoms with Gasteiger partial charge in [0.15, 0.2) is 0 Å². The van der Waals surface area contributed by atoms with Crippen LogP contribution in [0.2, 0.25) is 0 Å². The number of hydrogen-bond donors (Lipinski definition) is 1. The number of carbonyl (C=O) groups excluding carboxylic acids is 1. The van der Waals surface area contributed by atoms with E-state index in [0.717, 1.165) is 18.8 Å². The topological polar surface area (TPSA) is 37.3 Å². The number of rotatable bonds is 6. The first-order valence-electron chi connectivity index (χ1n) is 4.45. The second kappa shape index (κ2) is 4.50. The fourth-order valence-electron chi connectivity index (χ4n) is 1.17. The number of Topliss-reactive ketones (excluding diaryl/α,β-unsaturated/α-hetero) is 1. The molecule has 0 saturated heterocycles. The summed E-state index contributed by atoms with van der Waals surface area (Å²) < 4.78 is 0. The van der Waals surface area contributed by atoms with Crippen molar-refractivity contribution in [2.24, 2.45) is 5.92 Å². The molecule has 1 rings (SSSR count). The summed E-state index contributed by atoms with van der Waals surface area (Å²) >= 11 is 0. The van der Waals surface area contributed by atoms with Crippen LogP contribution in [0.25, 0.3) is 0 Å². The minimum atomic E-state index is 0.148. The molecule has 0 unspecified atom stereocenters. The molecule has 0 amide bonds. The van der Waals surface area contributed by atoms with E-state index in [9.17, 15) is 4.79 Å². The van der Waals surface area contributed by atoms with Gasteiger partial charge in [0.2, 0.25) is 0 Å². The molecular weight excluding hydrogens is 140 g/mol. The van der Waals surface area contributed by atoms with Gasteiger partial charge in [-0.2, -0.15) is 0 Å². The summed E-state index contributed by atoms with van der Waals surface area (Å²) in [4.78, 5) is 11.0. The molecule has 1 aliphatic carbocycles. The van der Waals surface area contributed by atoms with Crippen molar-refractivity contribution in [1.82, 2.24) is 0 Å². The Morgan fingerprint density at radius 1 is 1.36 bits per heavy atom. The molecule has 64 valence electrons. The lowest BCUT2D eigenvalue weighted by atomic mass is 10.1. The molecule has 0 radical (unpaired) electrons. The van der Waals surface area contributed by atoms with Gasteiger partial charge in [-0.15, -0.1) is 0 Å². The van der Waals surface area contributed by atoms with Gasteiger partial charge in [-0.3, -0.25) is 4.79 Å². The Labute approximate surface area is 67.6 Å². The third-order valence-corrected chi connectivity index (χ3v) is 2.14. The zero-order valence-corrected chi connectivity index (χ0v) is 6.88. The first-order valence-corrected chi connectivity index (χ1v) is 4.45. The first-order chi connectivity index (χ1) is 5.33. The highest BCUT2D eigenvalue weighted by Gasteiger charge is 2.21. The van der Waals surface area contributed by atoms with Crippen LogP contribution in [-0.2, 0) is 4.79 Å². The van der Waals surface area contributed by atoms with Crippen LogP contribution in [0.3, 0.4) is 0 Å². The van der Waals surface area contributed by atoms with Crippen LogP contribution < -0.4 is 0 Å². The summed E-state index contributed by atoms with van der Waals surface area (Å²) in [6.07, 6.45) is 5.70. The van der Waals surface area contributed by atoms with Crippen molar-refractivity contribution < 1.29 is 9.90 Å². The van der Waals surface area contributed by atoms with Gasteiger partial charge in [0, 0.05) is 19.4 Å². The van der Waals surface area contributed by atoms with Crippen LogP contribution in [0.4, 0.5) is 0 Å². The zero-order chi connectivity index (χ0) is 8.10. The van der Waals surface area contributed by atoms with Crippen molar-refractivity contribution >= 4 is 5.78 Å². The molecule has 11 heavy (non-hydrogen) atoms. The molecule has 0 atom stereocenters. The summed E-state index contributed by atoms with van der Waals surface area (Å²) in [5, 5.41) is 8.45. The van der Waals surface area contributed by atoms with E-state index in [0.29, 0.717) is 18.6 Å². The molecule has 0 heterocycles. The Morgan fingerprint density at radius 2 is 2.09 bits per heavy atom. The molecule has 0 spiro atoms. The van der Waals surface area contributed by atoms with Gasteiger partial charge >= 0.3 is 0 Å². The van der Waals surface area contributed by atoms with Crippen molar-refractivity contribution in [3.63, 3.8) is 0 Å². The number of aliphatic hydroxyl groups excluding tert-OH is 1. The molecule has 0 bridgehead atoms. The van der Waals surface area contributed by atoms with E-state index in [-0.39, 0.29) is 6.61 Å². The van der Waals surface area contributed by atoms with E-state index < -0.39 is 0 Å². The second-order valence-electron chi connectivity index (χ2n) is 3.35. The van der Waals surface area contributed by atoms with E-state index in [1.807, 2.05) is 0 Å². The molecule has 2 heteroatoms. The highest BCUT2D eigenvalue weighted by molar-refractivity contribution is 5.78. The Morgan fingerprint density at radius 3 is 2.64 bits per heavy atom. The van der Waals surface area contributed by atoms with E-state index in [4.69, 9.17) is 5.11 Å². The maximum atomic E-state index is 11.0. The molecule has 1 fully saturated rings. The van der Waals surface area contributed by atoms with Gasteiger partial charge in [0.1, 0.15) is 5.78 Å². The number of aliphatic hydroxyl groups is 1. The van der Waals surface area contributed by atoms with Crippen molar-refractivity contribution in [3.8, 4) is 0 Å². The van der Waals surface area contributed by atoms with Gasteiger partial charge in [0.25, 0.3) is 0 Å². The molecular formula is C9H16O2. The SMILES string of the molecule is O=C(CCCO)CCC1CC1. The summed E-state index contributed by atoms with van der Waals surface area (Å²) in [5.74, 6) is 1.18. The van der Waals surface area contributed by atoms with E-state index in [1.165, 1.54) is 12.8 Å². The Balaban J connectivity index is 1.91. The molecule has 2 nitrogen and oxygen atoms in total. The Kier molecular flexibility index (Phi) is 3.57. The summed E-state index contributed by atoms with van der Waals surface area (Å²) in [6.45, 7) is 0.148. The first kappa shape index (κ1) is 8.72. The van der Waals surface area contributed by atoms with E-state index in [2.05, 4.69) is 0 Å². The molecule has 1 saturated carbocycles. The molecule has 0 aromatic carbocycles. The van der Waals surface area contributed by atoms with Crippen LogP contribution in [0.1, 0.15) is 38.5 Å². The quantitative estimate of drug-likeness (QED) is 0.633. The molecule has 0 aliphatic heterocycles. The lowest BCUT2D eigenvalue weighted by Crippen LogP contribution is -1.99. The smallest absolute Gasteiger partial charge is 0.133 e. The van der Waals surface area contributed by atoms with E-state index >= 15 is 0 Å². The summed E-state index contributed by atoms with van der Waals surface area (Å²) in [7, 11) is 0. The van der Waals surface area contributed by atoms with Crippen LogP contribution in [-0.4, -0.2) is 17.5 Å². The van der Waals surface area contributed by atoms with Gasteiger partial charge in [-0.1, -0.05) is 12.8 Å². The monoisotopic (exact) mass is 156 g/mol. The zero-order valence-electron chi connectivity index (χ0n) is 6.88. The molecule has 1 aliphatic rings. The molecule has 0 aromatic rings. The third kappa shape index (κ3) is 4.14. The minimum absolute atomic E-state index is 0.148. The second-order valence-corrected chi connectivity index (χ2v) is 3.35. The average molecular weight is 156 g/mol. The lowest BCUT2D eigenvalue weighted by molar-refractivity contribution is -0.119. The number of ketones is 1. The third-order valence-electron chi connectivity index (χ3n) is 2.14. The van der Waals surface area contributed by atoms with Crippen LogP contribution in [0.5, 0.6) is 0 Å². The van der Waals surface area contributed by atoms with Gasteiger partial charge in [-0.25, -0.2) is 0 Å². The van der Waals surface area contributed by atoms with Crippen molar-refractivity contribution in [3.05, 3.63) is 0 Å². The Hall–Kier alpha value is -0.370. The van der Waals surface area contributed by atoms with Crippen molar-refractivity contribution in [2.75, 3.05) is 6.61 Å². The molecule has 0 aromatic heterocycles. The highest BCUT2D eigenvalue weighted by Crippen LogP contribution is 2.33. The van der Waals surface area contributed by atoms with Gasteiger partial charge in [0.05, 0.1) is 0 Å². The summed E-state index contributed by atoms with van der Waals surface area (Å²) in [6, 6.07) is 0. The number of carbonyl (C=O) groups is 1. The van der Waals surface area contributed by atoms with Gasteiger partial charge in [-0.05, 0) is 18.8 Å². The van der Waals surface area contributed by atoms with Crippen molar-refractivity contribution in [1.29, 1.82) is 0 Å². The van der Waals surface area contributed by atoms with Crippen molar-refractivity contribution in [2.45, 2.75) is 38.5 Å². The van der Waals surface area contributed by atoms with E-state index in [1.54, 1.807) is 0 Å². The Bertz CT molecular complexity index is 128. The largest absolute Gasteiger partial charge is 0.396 e. The maximum Gasteiger partial charge on any atom is 0.133 e. The lowest BCUT2D eigenvalue weighted by Gasteiger charge is -1.96. The predicted molar refractivity (Wildman–Crippen MR) is 43.3 cm³/mol. The predicted octanol–water partition coefficient (Wildman–Crippen LogP) is 1.52. The standard InChI is InChI=1S/C9H16O2/c10-7-1-2-9(11)6-5-8-3-4-8/h8,10H,1-7H2. The van der Waals surface area contributed by atoms with Gasteiger partial charge < -0.3 is 5.11 Å². The average Bonchev–Trinajstić information content (AvgIpc) is 2.80. The minimum Gasteiger partial charge on any atom is -0.396 e. The maximum absolute atomic E-state index is 11.0. The fraction of sp³-hybridized carbons (Fsp3) is 0.889. The summed E-state index contributed by atoms with van der Waals surface area (Å²) in [5.41, 5.74) is 0. The molecule has 1 N–H and O–H groups in total. The number of hydrogen-bond acceptors (Lipinski definition) is 2. The van der Waals surface area contributed by atoms with Crippen LogP contribution >= 0.6 is 0 Å². The highest BCUT2D eigenvalue weighted by atomic mass is 16.3. The van der Waals surface area contributed by atoms with Crippen LogP contribution in [0, 0.1) is 5.92 Å².